The van der Waals surface area contributed by atoms with E-state index in [9.17, 15) is 4.79 Å². The van der Waals surface area contributed by atoms with Gasteiger partial charge in [0.1, 0.15) is 6.61 Å². The Morgan fingerprint density at radius 3 is 1.41 bits per heavy atom. The molecule has 3 N–H and O–H groups in total. The van der Waals surface area contributed by atoms with Crippen molar-refractivity contribution in [2.24, 2.45) is 5.41 Å². The fraction of sp³-hybridized carbons (Fsp3) is 0.955. The molecule has 0 saturated heterocycles. The van der Waals surface area contributed by atoms with Gasteiger partial charge >= 0.3 is 5.97 Å². The molecular weight excluding hydrogens is 344 g/mol. The topological polar surface area (TPSA) is 87.0 Å². The number of carbonyl (C=O) groups is 1. The largest absolute Gasteiger partial charge is 0.465 e. The Bertz CT molecular complexity index is 329. The lowest BCUT2D eigenvalue weighted by molar-refractivity contribution is -0.149. The number of esters is 1. The molecule has 0 saturated carbocycles. The third-order valence-corrected chi connectivity index (χ3v) is 5.13. The Morgan fingerprint density at radius 1 is 0.667 bits per heavy atom. The molecule has 0 heterocycles. The number of unbranched alkanes of at least 4 members (excludes halogenated alkanes) is 13. The number of aliphatic hydroxyl groups is 3. The highest BCUT2D eigenvalue weighted by Gasteiger charge is 2.24. The molecular formula is C22H44O5. The van der Waals surface area contributed by atoms with Gasteiger partial charge < -0.3 is 20.1 Å². The Labute approximate surface area is 166 Å². The first kappa shape index (κ1) is 26.4. The van der Waals surface area contributed by atoms with Crippen molar-refractivity contribution in [1.82, 2.24) is 0 Å². The molecule has 5 heteroatoms. The van der Waals surface area contributed by atoms with E-state index in [1.54, 1.807) is 6.92 Å². The van der Waals surface area contributed by atoms with Gasteiger partial charge in [-0.2, -0.15) is 0 Å². The van der Waals surface area contributed by atoms with Gasteiger partial charge in [-0.25, -0.2) is 0 Å². The summed E-state index contributed by atoms with van der Waals surface area (Å²) >= 11 is 0. The highest BCUT2D eigenvalue weighted by atomic mass is 16.5. The molecule has 0 amide bonds. The van der Waals surface area contributed by atoms with E-state index in [0.717, 1.165) is 19.3 Å². The van der Waals surface area contributed by atoms with Crippen LogP contribution in [-0.4, -0.2) is 47.7 Å². The van der Waals surface area contributed by atoms with Gasteiger partial charge in [-0.1, -0.05) is 84.0 Å². The summed E-state index contributed by atoms with van der Waals surface area (Å²) in [6.07, 6.45) is 17.4. The van der Waals surface area contributed by atoms with E-state index >= 15 is 0 Å². The van der Waals surface area contributed by atoms with Crippen molar-refractivity contribution in [3.05, 3.63) is 0 Å². The summed E-state index contributed by atoms with van der Waals surface area (Å²) in [5, 5.41) is 27.0. The molecule has 0 aliphatic rings. The molecule has 27 heavy (non-hydrogen) atoms. The lowest BCUT2D eigenvalue weighted by atomic mass is 9.94. The van der Waals surface area contributed by atoms with Crippen LogP contribution in [0.15, 0.2) is 0 Å². The normalized spacial score (nSPS) is 11.7. The molecule has 0 unspecified atom stereocenters. The molecule has 0 rings (SSSR count). The maximum atomic E-state index is 11.7. The summed E-state index contributed by atoms with van der Waals surface area (Å²) in [7, 11) is 0. The maximum absolute atomic E-state index is 11.7. The first-order valence-electron chi connectivity index (χ1n) is 11.1. The number of ether oxygens (including phenoxy) is 1. The van der Waals surface area contributed by atoms with E-state index in [1.807, 2.05) is 0 Å². The van der Waals surface area contributed by atoms with Crippen LogP contribution >= 0.6 is 0 Å². The molecule has 0 spiro atoms. The zero-order valence-corrected chi connectivity index (χ0v) is 17.6. The van der Waals surface area contributed by atoms with Crippen LogP contribution in [0, 0.1) is 5.41 Å². The molecule has 0 atom stereocenters. The van der Waals surface area contributed by atoms with Gasteiger partial charge in [-0.3, -0.25) is 4.79 Å². The highest BCUT2D eigenvalue weighted by molar-refractivity contribution is 5.69. The zero-order chi connectivity index (χ0) is 20.2. The van der Waals surface area contributed by atoms with Crippen molar-refractivity contribution >= 4 is 5.97 Å². The standard InChI is InChI=1S/C22H44O5/c1-22(18-24,19-25)20-27-21(26)16-14-12-10-8-6-4-2-3-5-7-9-11-13-15-17-23/h23-25H,2-20H2,1H3. The molecule has 5 nitrogen and oxygen atoms in total. The quantitative estimate of drug-likeness (QED) is 0.213. The fourth-order valence-electron chi connectivity index (χ4n) is 2.97. The summed E-state index contributed by atoms with van der Waals surface area (Å²) in [5.74, 6) is -0.237. The smallest absolute Gasteiger partial charge is 0.305 e. The van der Waals surface area contributed by atoms with E-state index in [-0.39, 0.29) is 25.8 Å². The molecule has 162 valence electrons. The van der Waals surface area contributed by atoms with Gasteiger partial charge in [-0.15, -0.1) is 0 Å². The van der Waals surface area contributed by atoms with Crippen LogP contribution < -0.4 is 0 Å². The van der Waals surface area contributed by atoms with Crippen LogP contribution in [-0.2, 0) is 9.53 Å². The van der Waals surface area contributed by atoms with Crippen LogP contribution in [0.1, 0.15) is 103 Å². The molecule has 0 fully saturated rings. The Morgan fingerprint density at radius 2 is 1.04 bits per heavy atom. The first-order chi connectivity index (χ1) is 13.1. The number of hydrogen-bond donors (Lipinski definition) is 3. The van der Waals surface area contributed by atoms with Crippen molar-refractivity contribution in [3.8, 4) is 0 Å². The Hall–Kier alpha value is -0.650. The Balaban J connectivity index is 3.28. The van der Waals surface area contributed by atoms with Crippen molar-refractivity contribution < 1.29 is 24.9 Å². The van der Waals surface area contributed by atoms with Crippen LogP contribution in [0.5, 0.6) is 0 Å². The van der Waals surface area contributed by atoms with E-state index in [1.165, 1.54) is 70.6 Å². The van der Waals surface area contributed by atoms with E-state index in [4.69, 9.17) is 20.1 Å². The van der Waals surface area contributed by atoms with Crippen LogP contribution in [0.3, 0.4) is 0 Å². The van der Waals surface area contributed by atoms with Gasteiger partial charge in [0.25, 0.3) is 0 Å². The van der Waals surface area contributed by atoms with Gasteiger partial charge in [-0.05, 0) is 12.8 Å². The minimum absolute atomic E-state index is 0.0709. The zero-order valence-electron chi connectivity index (χ0n) is 17.6. The summed E-state index contributed by atoms with van der Waals surface area (Å²) in [5.41, 5.74) is -0.741. The predicted molar refractivity (Wildman–Crippen MR) is 110 cm³/mol. The van der Waals surface area contributed by atoms with Crippen molar-refractivity contribution in [2.75, 3.05) is 26.4 Å². The molecule has 0 aliphatic carbocycles. The maximum Gasteiger partial charge on any atom is 0.305 e. The average molecular weight is 389 g/mol. The average Bonchev–Trinajstić information content (AvgIpc) is 2.69. The van der Waals surface area contributed by atoms with Gasteiger partial charge in [0, 0.05) is 18.4 Å². The third kappa shape index (κ3) is 17.2. The molecule has 0 aromatic heterocycles. The lowest BCUT2D eigenvalue weighted by Gasteiger charge is -2.23. The van der Waals surface area contributed by atoms with Crippen LogP contribution in [0.25, 0.3) is 0 Å². The number of carbonyl (C=O) groups excluding carboxylic acids is 1. The van der Waals surface area contributed by atoms with Gasteiger partial charge in [0.05, 0.1) is 13.2 Å². The second-order valence-corrected chi connectivity index (χ2v) is 8.21. The van der Waals surface area contributed by atoms with Gasteiger partial charge in [0.15, 0.2) is 0 Å². The second-order valence-electron chi connectivity index (χ2n) is 8.21. The molecule has 0 aromatic rings. The van der Waals surface area contributed by atoms with E-state index in [0.29, 0.717) is 13.0 Å². The molecule has 0 bridgehead atoms. The SMILES string of the molecule is CC(CO)(CO)COC(=O)CCCCCCCCCCCCCCCCO. The minimum Gasteiger partial charge on any atom is -0.465 e. The first-order valence-corrected chi connectivity index (χ1v) is 11.1. The van der Waals surface area contributed by atoms with E-state index in [2.05, 4.69) is 0 Å². The third-order valence-electron chi connectivity index (χ3n) is 5.13. The van der Waals surface area contributed by atoms with Gasteiger partial charge in [0.2, 0.25) is 0 Å². The van der Waals surface area contributed by atoms with Crippen molar-refractivity contribution in [2.45, 2.75) is 103 Å². The predicted octanol–water partition coefficient (Wildman–Crippen LogP) is 4.36. The summed E-state index contributed by atoms with van der Waals surface area (Å²) < 4.78 is 5.14. The summed E-state index contributed by atoms with van der Waals surface area (Å²) in [4.78, 5) is 11.7. The van der Waals surface area contributed by atoms with Crippen LogP contribution in [0.2, 0.25) is 0 Å². The van der Waals surface area contributed by atoms with Crippen molar-refractivity contribution in [1.29, 1.82) is 0 Å². The molecule has 0 aliphatic heterocycles. The van der Waals surface area contributed by atoms with Crippen molar-refractivity contribution in [3.63, 3.8) is 0 Å². The highest BCUT2D eigenvalue weighted by Crippen LogP contribution is 2.16. The number of hydrogen-bond acceptors (Lipinski definition) is 5. The van der Waals surface area contributed by atoms with E-state index < -0.39 is 5.41 Å². The monoisotopic (exact) mass is 388 g/mol. The fourth-order valence-corrected chi connectivity index (χ4v) is 2.97. The molecule has 0 radical (unpaired) electrons. The second kappa shape index (κ2) is 18.7. The Kier molecular flexibility index (Phi) is 18.3. The minimum atomic E-state index is -0.741. The summed E-state index contributed by atoms with van der Waals surface area (Å²) in [6, 6.07) is 0. The number of aliphatic hydroxyl groups excluding tert-OH is 3. The van der Waals surface area contributed by atoms with Crippen LogP contribution in [0.4, 0.5) is 0 Å². The molecule has 0 aromatic carbocycles. The lowest BCUT2D eigenvalue weighted by Crippen LogP contribution is -2.32. The number of rotatable bonds is 20. The summed E-state index contributed by atoms with van der Waals surface area (Å²) in [6.45, 7) is 1.71.